The molecule has 0 saturated heterocycles. The zero-order valence-electron chi connectivity index (χ0n) is 10.0. The van der Waals surface area contributed by atoms with E-state index in [1.54, 1.807) is 0 Å². The van der Waals surface area contributed by atoms with Crippen LogP contribution in [0.5, 0.6) is 0 Å². The quantitative estimate of drug-likeness (QED) is 0.500. The fourth-order valence-electron chi connectivity index (χ4n) is 1.58. The van der Waals surface area contributed by atoms with Crippen molar-refractivity contribution in [1.82, 2.24) is 4.98 Å². The first-order valence-corrected chi connectivity index (χ1v) is 6.98. The Balaban J connectivity index is 2.45. The van der Waals surface area contributed by atoms with Crippen molar-refractivity contribution in [2.24, 2.45) is 0 Å². The van der Waals surface area contributed by atoms with Crippen LogP contribution < -0.4 is 0 Å². The molecule has 21 heavy (non-hydrogen) atoms. The Morgan fingerprint density at radius 3 is 2.24 bits per heavy atom. The lowest BCUT2D eigenvalue weighted by atomic mass is 10.0. The molecule has 0 aliphatic rings. The van der Waals surface area contributed by atoms with Crippen molar-refractivity contribution < 1.29 is 18.0 Å². The highest BCUT2D eigenvalue weighted by Crippen LogP contribution is 2.31. The highest BCUT2D eigenvalue weighted by molar-refractivity contribution is 9.10. The third-order valence-electron chi connectivity index (χ3n) is 2.56. The fourth-order valence-corrected chi connectivity index (χ4v) is 2.68. The summed E-state index contributed by atoms with van der Waals surface area (Å²) in [6.45, 7) is 0. The molecule has 8 heteroatoms. The second-order valence-corrected chi connectivity index (χ2v) is 5.63. The van der Waals surface area contributed by atoms with Gasteiger partial charge in [0.05, 0.1) is 5.56 Å². The van der Waals surface area contributed by atoms with Gasteiger partial charge in [0, 0.05) is 15.1 Å². The van der Waals surface area contributed by atoms with E-state index in [1.165, 1.54) is 18.2 Å². The molecule has 0 atom stereocenters. The van der Waals surface area contributed by atoms with E-state index in [9.17, 15) is 18.0 Å². The van der Waals surface area contributed by atoms with Crippen molar-refractivity contribution in [3.05, 3.63) is 61.8 Å². The Kier molecular flexibility index (Phi) is 4.60. The van der Waals surface area contributed by atoms with Gasteiger partial charge >= 0.3 is 6.18 Å². The van der Waals surface area contributed by atoms with Gasteiger partial charge < -0.3 is 0 Å². The van der Waals surface area contributed by atoms with Crippen LogP contribution in [0.1, 0.15) is 21.6 Å². The number of pyridine rings is 1. The van der Waals surface area contributed by atoms with Crippen molar-refractivity contribution in [3.8, 4) is 0 Å². The summed E-state index contributed by atoms with van der Waals surface area (Å²) in [6, 6.07) is 6.15. The second-order valence-electron chi connectivity index (χ2n) is 3.99. The molecule has 2 rings (SSSR count). The van der Waals surface area contributed by atoms with Gasteiger partial charge in [0.2, 0.25) is 0 Å². The number of hydrogen-bond acceptors (Lipinski definition) is 2. The molecular formula is C13H5BrCl2F3NO. The fraction of sp³-hybridized carbons (Fsp3) is 0.0769. The zero-order chi connectivity index (χ0) is 15.8. The third kappa shape index (κ3) is 3.56. The van der Waals surface area contributed by atoms with Crippen molar-refractivity contribution in [1.29, 1.82) is 0 Å². The minimum absolute atomic E-state index is 0.118. The summed E-state index contributed by atoms with van der Waals surface area (Å²) >= 11 is 14.6. The number of ketones is 1. The van der Waals surface area contributed by atoms with Gasteiger partial charge in [0.1, 0.15) is 10.8 Å². The van der Waals surface area contributed by atoms with E-state index in [0.29, 0.717) is 15.6 Å². The largest absolute Gasteiger partial charge is 0.433 e. The molecule has 2 nitrogen and oxygen atoms in total. The van der Waals surface area contributed by atoms with E-state index in [0.717, 1.165) is 6.07 Å². The lowest BCUT2D eigenvalue weighted by Gasteiger charge is -2.09. The molecule has 110 valence electrons. The van der Waals surface area contributed by atoms with Crippen LogP contribution in [0.3, 0.4) is 0 Å². The standard InChI is InChI=1S/C13H5BrCl2F3NO/c14-9-5-6(15)1-2-7(9)11(21)8-3-4-10(13(17,18)19)20-12(8)16/h1-5H. The highest BCUT2D eigenvalue weighted by atomic mass is 79.9. The maximum absolute atomic E-state index is 12.5. The molecule has 0 bridgehead atoms. The molecule has 0 aliphatic heterocycles. The summed E-state index contributed by atoms with van der Waals surface area (Å²) in [4.78, 5) is 15.5. The third-order valence-corrected chi connectivity index (χ3v) is 3.74. The average Bonchev–Trinajstić information content (AvgIpc) is 2.36. The minimum atomic E-state index is -4.62. The first-order valence-electron chi connectivity index (χ1n) is 5.43. The molecular weight excluding hydrogens is 394 g/mol. The van der Waals surface area contributed by atoms with Crippen molar-refractivity contribution in [2.75, 3.05) is 0 Å². The van der Waals surface area contributed by atoms with Crippen molar-refractivity contribution in [2.45, 2.75) is 6.18 Å². The molecule has 0 aliphatic carbocycles. The summed E-state index contributed by atoms with van der Waals surface area (Å²) in [6.07, 6.45) is -4.62. The summed E-state index contributed by atoms with van der Waals surface area (Å²) < 4.78 is 37.9. The maximum atomic E-state index is 12.5. The van der Waals surface area contributed by atoms with Crippen LogP contribution in [0.25, 0.3) is 0 Å². The zero-order valence-corrected chi connectivity index (χ0v) is 13.1. The van der Waals surface area contributed by atoms with Gasteiger partial charge in [-0.15, -0.1) is 0 Å². The Hall–Kier alpha value is -1.11. The van der Waals surface area contributed by atoms with Gasteiger partial charge in [0.25, 0.3) is 0 Å². The van der Waals surface area contributed by atoms with E-state index in [4.69, 9.17) is 23.2 Å². The Labute approximate surface area is 136 Å². The molecule has 0 saturated carbocycles. The number of halogens is 6. The van der Waals surface area contributed by atoms with Crippen molar-refractivity contribution >= 4 is 44.9 Å². The molecule has 2 aromatic rings. The van der Waals surface area contributed by atoms with Crippen LogP contribution in [0, 0.1) is 0 Å². The number of rotatable bonds is 2. The first kappa shape index (κ1) is 16.3. The molecule has 1 aromatic carbocycles. The SMILES string of the molecule is O=C(c1ccc(Cl)cc1Br)c1ccc(C(F)(F)F)nc1Cl. The van der Waals surface area contributed by atoms with Crippen LogP contribution in [-0.2, 0) is 6.18 Å². The molecule has 0 spiro atoms. The van der Waals surface area contributed by atoms with Crippen LogP contribution in [-0.4, -0.2) is 10.8 Å². The lowest BCUT2D eigenvalue weighted by molar-refractivity contribution is -0.141. The van der Waals surface area contributed by atoms with Gasteiger partial charge in [-0.05, 0) is 46.3 Å². The number of hydrogen-bond donors (Lipinski definition) is 0. The molecule has 1 heterocycles. The first-order chi connectivity index (χ1) is 9.70. The molecule has 0 unspecified atom stereocenters. The lowest BCUT2D eigenvalue weighted by Crippen LogP contribution is -2.11. The van der Waals surface area contributed by atoms with Crippen LogP contribution in [0.15, 0.2) is 34.8 Å². The van der Waals surface area contributed by atoms with E-state index in [2.05, 4.69) is 20.9 Å². The number of alkyl halides is 3. The summed E-state index contributed by atoms with van der Waals surface area (Å²) in [5, 5.41) is -0.0910. The monoisotopic (exact) mass is 397 g/mol. The highest BCUT2D eigenvalue weighted by Gasteiger charge is 2.33. The van der Waals surface area contributed by atoms with Crippen LogP contribution >= 0.6 is 39.1 Å². The topological polar surface area (TPSA) is 30.0 Å². The maximum Gasteiger partial charge on any atom is 0.433 e. The van der Waals surface area contributed by atoms with Crippen molar-refractivity contribution in [3.63, 3.8) is 0 Å². The predicted molar refractivity (Wildman–Crippen MR) is 76.8 cm³/mol. The Morgan fingerprint density at radius 1 is 1.10 bits per heavy atom. The number of carbonyl (C=O) groups excluding carboxylic acids is 1. The normalized spacial score (nSPS) is 11.5. The van der Waals surface area contributed by atoms with Gasteiger partial charge in [-0.1, -0.05) is 23.2 Å². The van der Waals surface area contributed by atoms with Gasteiger partial charge in [0.15, 0.2) is 5.78 Å². The second kappa shape index (κ2) is 5.94. The summed E-state index contributed by atoms with van der Waals surface area (Å²) in [5.41, 5.74) is -1.05. The summed E-state index contributed by atoms with van der Waals surface area (Å²) in [7, 11) is 0. The van der Waals surface area contributed by atoms with Gasteiger partial charge in [-0.3, -0.25) is 4.79 Å². The predicted octanol–water partition coefficient (Wildman–Crippen LogP) is 5.40. The molecule has 0 N–H and O–H groups in total. The van der Waals surface area contributed by atoms with E-state index in [1.807, 2.05) is 0 Å². The smallest absolute Gasteiger partial charge is 0.288 e. The Morgan fingerprint density at radius 2 is 1.71 bits per heavy atom. The molecule has 0 radical (unpaired) electrons. The van der Waals surface area contributed by atoms with Gasteiger partial charge in [-0.2, -0.15) is 13.2 Å². The number of carbonyl (C=O) groups is 1. The number of aromatic nitrogens is 1. The molecule has 1 aromatic heterocycles. The van der Waals surface area contributed by atoms with Gasteiger partial charge in [-0.25, -0.2) is 4.98 Å². The summed E-state index contributed by atoms with van der Waals surface area (Å²) in [5.74, 6) is -0.551. The Bertz CT molecular complexity index is 719. The molecule has 0 fully saturated rings. The van der Waals surface area contributed by atoms with E-state index >= 15 is 0 Å². The minimum Gasteiger partial charge on any atom is -0.288 e. The number of benzene rings is 1. The van der Waals surface area contributed by atoms with Crippen LogP contribution in [0.2, 0.25) is 10.2 Å². The van der Waals surface area contributed by atoms with E-state index < -0.39 is 22.8 Å². The molecule has 0 amide bonds. The van der Waals surface area contributed by atoms with E-state index in [-0.39, 0.29) is 11.1 Å². The van der Waals surface area contributed by atoms with Crippen LogP contribution in [0.4, 0.5) is 13.2 Å². The average molecular weight is 399 g/mol. The number of nitrogens with zero attached hydrogens (tertiary/aromatic N) is 1.